The predicted molar refractivity (Wildman–Crippen MR) is 125 cm³/mol. The van der Waals surface area contributed by atoms with Crippen molar-refractivity contribution in [3.8, 4) is 23.0 Å². The minimum Gasteiger partial charge on any atom is -0.504 e. The lowest BCUT2D eigenvalue weighted by atomic mass is 9.79. The topological polar surface area (TPSA) is 211 Å². The number of phenolic OH excluding ortho intramolecular Hbond substituents is 4. The van der Waals surface area contributed by atoms with Crippen LogP contribution in [0.25, 0.3) is 12.2 Å². The standard InChI is InChI=1S/C25H24O12/c26-15-5-1-13(9-17(15)28)3-7-21(31)36-20-12-25(24(34)35,11-19(30)23(20)33)37-22(32)8-4-14-2-6-16(27)18(29)10-14/h1-10,19-20,23,26-30,33H,11-12H2,(H,34,35)/b7-3+,8-4+/t19-,20+,23+,25-/m1/s1. The molecule has 2 aromatic carbocycles. The number of esters is 2. The lowest BCUT2D eigenvalue weighted by Crippen LogP contribution is -2.58. The van der Waals surface area contributed by atoms with Crippen molar-refractivity contribution in [3.05, 3.63) is 59.7 Å². The van der Waals surface area contributed by atoms with Crippen molar-refractivity contribution in [1.82, 2.24) is 0 Å². The summed E-state index contributed by atoms with van der Waals surface area (Å²) in [5, 5.41) is 68.0. The zero-order valence-corrected chi connectivity index (χ0v) is 19.1. The summed E-state index contributed by atoms with van der Waals surface area (Å²) in [6.07, 6.45) is -2.09. The molecule has 0 aromatic heterocycles. The van der Waals surface area contributed by atoms with Gasteiger partial charge in [-0.3, -0.25) is 0 Å². The number of rotatable bonds is 7. The van der Waals surface area contributed by atoms with Crippen LogP contribution in [0.5, 0.6) is 23.0 Å². The van der Waals surface area contributed by atoms with E-state index in [4.69, 9.17) is 9.47 Å². The number of aliphatic hydroxyl groups excluding tert-OH is 2. The highest BCUT2D eigenvalue weighted by Gasteiger charge is 2.54. The number of phenols is 4. The summed E-state index contributed by atoms with van der Waals surface area (Å²) in [6, 6.07) is 7.44. The highest BCUT2D eigenvalue weighted by molar-refractivity contribution is 5.91. The number of carboxylic acid groups (broad SMARTS) is 1. The van der Waals surface area contributed by atoms with Crippen LogP contribution in [0.1, 0.15) is 24.0 Å². The van der Waals surface area contributed by atoms with Crippen LogP contribution in [0.2, 0.25) is 0 Å². The van der Waals surface area contributed by atoms with Gasteiger partial charge >= 0.3 is 17.9 Å². The molecule has 3 rings (SSSR count). The van der Waals surface area contributed by atoms with E-state index in [1.54, 1.807) is 0 Å². The molecule has 0 amide bonds. The lowest BCUT2D eigenvalue weighted by molar-refractivity contribution is -0.207. The van der Waals surface area contributed by atoms with Gasteiger partial charge in [0.15, 0.2) is 23.0 Å². The highest BCUT2D eigenvalue weighted by Crippen LogP contribution is 2.35. The highest BCUT2D eigenvalue weighted by atomic mass is 16.6. The third-order valence-electron chi connectivity index (χ3n) is 5.62. The number of carbonyl (C=O) groups excluding carboxylic acids is 2. The first kappa shape index (κ1) is 27.0. The fraction of sp³-hybridized carbons (Fsp3) is 0.240. The van der Waals surface area contributed by atoms with Crippen molar-refractivity contribution in [2.75, 3.05) is 0 Å². The summed E-state index contributed by atoms with van der Waals surface area (Å²) >= 11 is 0. The summed E-state index contributed by atoms with van der Waals surface area (Å²) in [5.41, 5.74) is -1.73. The van der Waals surface area contributed by atoms with Gasteiger partial charge in [-0.2, -0.15) is 0 Å². The second-order valence-corrected chi connectivity index (χ2v) is 8.33. The van der Waals surface area contributed by atoms with Gasteiger partial charge in [0.1, 0.15) is 12.2 Å². The Morgan fingerprint density at radius 3 is 1.78 bits per heavy atom. The lowest BCUT2D eigenvalue weighted by Gasteiger charge is -2.41. The number of hydrogen-bond acceptors (Lipinski definition) is 11. The molecule has 12 heteroatoms. The monoisotopic (exact) mass is 516 g/mol. The van der Waals surface area contributed by atoms with Crippen LogP contribution in [0.15, 0.2) is 48.6 Å². The molecule has 1 fully saturated rings. The molecular weight excluding hydrogens is 492 g/mol. The summed E-state index contributed by atoms with van der Waals surface area (Å²) in [5.74, 6) is -5.41. The second-order valence-electron chi connectivity index (χ2n) is 8.33. The van der Waals surface area contributed by atoms with Crippen molar-refractivity contribution in [2.24, 2.45) is 0 Å². The molecule has 1 aliphatic carbocycles. The Morgan fingerprint density at radius 2 is 1.30 bits per heavy atom. The second kappa shape index (κ2) is 11.0. The zero-order valence-electron chi connectivity index (χ0n) is 19.1. The van der Waals surface area contributed by atoms with Gasteiger partial charge in [0.2, 0.25) is 5.60 Å². The maximum atomic E-state index is 12.4. The van der Waals surface area contributed by atoms with Crippen LogP contribution in [0.3, 0.4) is 0 Å². The van der Waals surface area contributed by atoms with Gasteiger partial charge in [0.05, 0.1) is 6.10 Å². The Morgan fingerprint density at radius 1 is 0.784 bits per heavy atom. The molecule has 37 heavy (non-hydrogen) atoms. The third kappa shape index (κ3) is 6.57. The van der Waals surface area contributed by atoms with Crippen molar-refractivity contribution in [3.63, 3.8) is 0 Å². The maximum Gasteiger partial charge on any atom is 0.348 e. The molecule has 12 nitrogen and oxygen atoms in total. The van der Waals surface area contributed by atoms with Crippen LogP contribution >= 0.6 is 0 Å². The van der Waals surface area contributed by atoms with Crippen molar-refractivity contribution >= 4 is 30.1 Å². The molecule has 0 spiro atoms. The van der Waals surface area contributed by atoms with E-state index in [2.05, 4.69) is 0 Å². The van der Waals surface area contributed by atoms with Crippen LogP contribution < -0.4 is 0 Å². The minimum absolute atomic E-state index is 0.288. The van der Waals surface area contributed by atoms with E-state index in [9.17, 15) is 50.1 Å². The van der Waals surface area contributed by atoms with Gasteiger partial charge in [-0.05, 0) is 47.5 Å². The van der Waals surface area contributed by atoms with Gasteiger partial charge < -0.3 is 45.2 Å². The van der Waals surface area contributed by atoms with Crippen LogP contribution in [-0.2, 0) is 23.9 Å². The minimum atomic E-state index is -2.34. The average Bonchev–Trinajstić information content (AvgIpc) is 2.83. The number of aliphatic carboxylic acids is 1. The molecule has 0 radical (unpaired) electrons. The fourth-order valence-corrected chi connectivity index (χ4v) is 3.68. The van der Waals surface area contributed by atoms with Gasteiger partial charge in [-0.1, -0.05) is 12.1 Å². The molecule has 196 valence electrons. The van der Waals surface area contributed by atoms with E-state index in [-0.39, 0.29) is 17.1 Å². The first-order valence-electron chi connectivity index (χ1n) is 10.8. The first-order valence-corrected chi connectivity index (χ1v) is 10.8. The maximum absolute atomic E-state index is 12.4. The van der Waals surface area contributed by atoms with Crippen molar-refractivity contribution < 1.29 is 59.6 Å². The Labute approximate surface area is 209 Å². The van der Waals surface area contributed by atoms with Gasteiger partial charge in [-0.25, -0.2) is 14.4 Å². The van der Waals surface area contributed by atoms with E-state index in [0.717, 1.165) is 18.2 Å². The number of ether oxygens (including phenoxy) is 2. The van der Waals surface area contributed by atoms with Gasteiger partial charge in [0, 0.05) is 25.0 Å². The summed E-state index contributed by atoms with van der Waals surface area (Å²) < 4.78 is 10.2. The number of aliphatic hydroxyl groups is 2. The molecule has 0 saturated heterocycles. The molecule has 1 saturated carbocycles. The quantitative estimate of drug-likeness (QED) is 0.156. The molecule has 4 atom stereocenters. The van der Waals surface area contributed by atoms with E-state index in [1.165, 1.54) is 42.5 Å². The summed E-state index contributed by atoms with van der Waals surface area (Å²) in [6.45, 7) is 0. The van der Waals surface area contributed by atoms with Crippen LogP contribution in [-0.4, -0.2) is 77.6 Å². The normalized spacial score (nSPS) is 23.7. The Hall–Kier alpha value is -4.55. The van der Waals surface area contributed by atoms with E-state index in [1.807, 2.05) is 0 Å². The number of benzene rings is 2. The van der Waals surface area contributed by atoms with Crippen LogP contribution in [0, 0.1) is 0 Å². The molecule has 0 aliphatic heterocycles. The fourth-order valence-electron chi connectivity index (χ4n) is 3.68. The molecule has 2 aromatic rings. The van der Waals surface area contributed by atoms with Crippen molar-refractivity contribution in [1.29, 1.82) is 0 Å². The van der Waals surface area contributed by atoms with Gasteiger partial charge in [0.25, 0.3) is 0 Å². The van der Waals surface area contributed by atoms with E-state index < -0.39 is 66.2 Å². The molecule has 1 aliphatic rings. The van der Waals surface area contributed by atoms with E-state index >= 15 is 0 Å². The number of carboxylic acids is 1. The molecule has 0 unspecified atom stereocenters. The zero-order chi connectivity index (χ0) is 27.3. The Bertz CT molecular complexity index is 1250. The van der Waals surface area contributed by atoms with Crippen molar-refractivity contribution in [2.45, 2.75) is 36.8 Å². The molecular formula is C25H24O12. The number of aromatic hydroxyl groups is 4. The summed E-state index contributed by atoms with van der Waals surface area (Å²) in [7, 11) is 0. The van der Waals surface area contributed by atoms with E-state index in [0.29, 0.717) is 5.56 Å². The molecule has 0 bridgehead atoms. The average molecular weight is 516 g/mol. The Balaban J connectivity index is 1.73. The largest absolute Gasteiger partial charge is 0.504 e. The Kier molecular flexibility index (Phi) is 8.05. The predicted octanol–water partition coefficient (Wildman–Crippen LogP) is 1.03. The summed E-state index contributed by atoms with van der Waals surface area (Å²) in [4.78, 5) is 36.7. The number of hydrogen-bond donors (Lipinski definition) is 7. The molecule has 0 heterocycles. The third-order valence-corrected chi connectivity index (χ3v) is 5.62. The van der Waals surface area contributed by atoms with Gasteiger partial charge in [-0.15, -0.1) is 0 Å². The first-order chi connectivity index (χ1) is 17.4. The van der Waals surface area contributed by atoms with Crippen LogP contribution in [0.4, 0.5) is 0 Å². The smallest absolute Gasteiger partial charge is 0.348 e. The SMILES string of the molecule is O=C(/C=C/c1ccc(O)c(O)c1)O[C@H]1C[C@@](OC(=O)/C=C/c2ccc(O)c(O)c2)(C(=O)O)C[C@@H](O)[C@@H]1O. The number of carbonyl (C=O) groups is 3. The molecule has 7 N–H and O–H groups in total.